The third-order valence-electron chi connectivity index (χ3n) is 2.06. The highest BCUT2D eigenvalue weighted by molar-refractivity contribution is 5.73. The zero-order valence-corrected chi connectivity index (χ0v) is 7.87. The van der Waals surface area contributed by atoms with Crippen LogP contribution < -0.4 is 5.73 Å². The summed E-state index contributed by atoms with van der Waals surface area (Å²) in [5.41, 5.74) is 4.86. The Balaban J connectivity index is 2.67. The molecule has 0 fully saturated rings. The fourth-order valence-corrected chi connectivity index (χ4v) is 1.28. The highest BCUT2D eigenvalue weighted by atomic mass is 19.1. The van der Waals surface area contributed by atoms with Crippen LogP contribution in [0, 0.1) is 11.6 Å². The molecule has 1 aromatic carbocycles. The molecule has 0 saturated carbocycles. The second-order valence-electron chi connectivity index (χ2n) is 3.12. The van der Waals surface area contributed by atoms with Gasteiger partial charge < -0.3 is 20.4 Å². The van der Waals surface area contributed by atoms with Crippen molar-refractivity contribution in [3.63, 3.8) is 0 Å². The van der Waals surface area contributed by atoms with Gasteiger partial charge in [0.1, 0.15) is 11.6 Å². The van der Waals surface area contributed by atoms with Gasteiger partial charge in [0, 0.05) is 0 Å². The van der Waals surface area contributed by atoms with E-state index in [0.29, 0.717) is 0 Å². The molecule has 0 spiro atoms. The number of benzene rings is 1. The van der Waals surface area contributed by atoms with E-state index in [1.54, 1.807) is 0 Å². The number of hydrogen-bond donors (Lipinski definition) is 3. The Morgan fingerprint density at radius 2 is 1.81 bits per heavy atom. The van der Waals surface area contributed by atoms with Crippen LogP contribution in [-0.2, 0) is 0 Å². The molecular formula is C10H7F2NO3. The SMILES string of the molecule is Nc1oc(-c2cc(F)ccc2F)c(O)c1O. The Morgan fingerprint density at radius 3 is 2.38 bits per heavy atom. The second-order valence-corrected chi connectivity index (χ2v) is 3.12. The van der Waals surface area contributed by atoms with Crippen molar-refractivity contribution in [3.8, 4) is 22.8 Å². The lowest BCUT2D eigenvalue weighted by Crippen LogP contribution is -1.85. The smallest absolute Gasteiger partial charge is 0.237 e. The van der Waals surface area contributed by atoms with Gasteiger partial charge in [-0.25, -0.2) is 8.78 Å². The summed E-state index contributed by atoms with van der Waals surface area (Å²) in [6, 6.07) is 2.62. The van der Waals surface area contributed by atoms with E-state index in [0.717, 1.165) is 18.2 Å². The highest BCUT2D eigenvalue weighted by Gasteiger charge is 2.21. The molecule has 0 saturated heterocycles. The van der Waals surface area contributed by atoms with E-state index in [1.165, 1.54) is 0 Å². The van der Waals surface area contributed by atoms with Gasteiger partial charge in [-0.15, -0.1) is 0 Å². The first kappa shape index (κ1) is 10.3. The number of nitrogens with two attached hydrogens (primary N) is 1. The van der Waals surface area contributed by atoms with E-state index in [4.69, 9.17) is 15.3 Å². The molecule has 0 bridgehead atoms. The standard InChI is InChI=1S/C10H7F2NO3/c11-4-1-2-6(12)5(3-4)9-7(14)8(15)10(13)16-9/h1-3,14-15H,13H2. The fourth-order valence-electron chi connectivity index (χ4n) is 1.28. The molecule has 0 aliphatic carbocycles. The van der Waals surface area contributed by atoms with E-state index in [2.05, 4.69) is 0 Å². The predicted octanol–water partition coefficient (Wildman–Crippen LogP) is 2.22. The summed E-state index contributed by atoms with van der Waals surface area (Å²) in [4.78, 5) is 0. The number of hydrogen-bond acceptors (Lipinski definition) is 4. The van der Waals surface area contributed by atoms with Gasteiger partial charge in [-0.1, -0.05) is 0 Å². The van der Waals surface area contributed by atoms with Gasteiger partial charge in [-0.05, 0) is 18.2 Å². The van der Waals surface area contributed by atoms with Crippen molar-refractivity contribution in [1.29, 1.82) is 0 Å². The molecule has 84 valence electrons. The van der Waals surface area contributed by atoms with Crippen LogP contribution in [0.3, 0.4) is 0 Å². The molecule has 6 heteroatoms. The average Bonchev–Trinajstić information content (AvgIpc) is 2.50. The first-order valence-corrected chi connectivity index (χ1v) is 4.26. The molecule has 0 radical (unpaired) electrons. The van der Waals surface area contributed by atoms with Gasteiger partial charge in [0.05, 0.1) is 5.56 Å². The van der Waals surface area contributed by atoms with Gasteiger partial charge in [-0.3, -0.25) is 0 Å². The summed E-state index contributed by atoms with van der Waals surface area (Å²) in [7, 11) is 0. The van der Waals surface area contributed by atoms with Crippen LogP contribution in [0.5, 0.6) is 11.5 Å². The average molecular weight is 227 g/mol. The number of anilines is 1. The third-order valence-corrected chi connectivity index (χ3v) is 2.06. The molecule has 0 amide bonds. The molecule has 2 rings (SSSR count). The van der Waals surface area contributed by atoms with Crippen LogP contribution in [-0.4, -0.2) is 10.2 Å². The minimum Gasteiger partial charge on any atom is -0.502 e. The molecule has 0 aliphatic rings. The molecule has 0 aliphatic heterocycles. The first-order valence-electron chi connectivity index (χ1n) is 4.26. The largest absolute Gasteiger partial charge is 0.502 e. The highest BCUT2D eigenvalue weighted by Crippen LogP contribution is 2.44. The minimum absolute atomic E-state index is 0.315. The monoisotopic (exact) mass is 227 g/mol. The lowest BCUT2D eigenvalue weighted by atomic mass is 10.1. The topological polar surface area (TPSA) is 79.6 Å². The number of halogens is 2. The van der Waals surface area contributed by atoms with Crippen LogP contribution in [0.25, 0.3) is 11.3 Å². The molecule has 0 atom stereocenters. The van der Waals surface area contributed by atoms with Crippen molar-refractivity contribution in [2.75, 3.05) is 5.73 Å². The van der Waals surface area contributed by atoms with Crippen molar-refractivity contribution < 1.29 is 23.4 Å². The van der Waals surface area contributed by atoms with Crippen LogP contribution in [0.15, 0.2) is 22.6 Å². The van der Waals surface area contributed by atoms with E-state index < -0.39 is 34.8 Å². The number of furan rings is 1. The summed E-state index contributed by atoms with van der Waals surface area (Å²) in [6.45, 7) is 0. The van der Waals surface area contributed by atoms with E-state index in [9.17, 15) is 13.9 Å². The van der Waals surface area contributed by atoms with Crippen LogP contribution in [0.2, 0.25) is 0 Å². The van der Waals surface area contributed by atoms with Gasteiger partial charge in [-0.2, -0.15) is 0 Å². The Hall–Kier alpha value is -2.24. The van der Waals surface area contributed by atoms with E-state index in [-0.39, 0.29) is 5.56 Å². The van der Waals surface area contributed by atoms with Crippen LogP contribution in [0.1, 0.15) is 0 Å². The molecule has 1 heterocycles. The van der Waals surface area contributed by atoms with E-state index >= 15 is 0 Å². The number of aromatic hydroxyl groups is 2. The van der Waals surface area contributed by atoms with Crippen molar-refractivity contribution in [1.82, 2.24) is 0 Å². The first-order chi connectivity index (χ1) is 7.50. The zero-order chi connectivity index (χ0) is 11.9. The zero-order valence-electron chi connectivity index (χ0n) is 7.87. The van der Waals surface area contributed by atoms with Gasteiger partial charge >= 0.3 is 0 Å². The van der Waals surface area contributed by atoms with E-state index in [1.807, 2.05) is 0 Å². The summed E-state index contributed by atoms with van der Waals surface area (Å²) in [5.74, 6) is -3.79. The maximum Gasteiger partial charge on any atom is 0.237 e. The fraction of sp³-hybridized carbons (Fsp3) is 0. The predicted molar refractivity (Wildman–Crippen MR) is 51.8 cm³/mol. The number of nitrogen functional groups attached to an aromatic ring is 1. The maximum absolute atomic E-state index is 13.3. The summed E-state index contributed by atoms with van der Waals surface area (Å²) >= 11 is 0. The normalized spacial score (nSPS) is 10.6. The van der Waals surface area contributed by atoms with Crippen molar-refractivity contribution >= 4 is 5.88 Å². The summed E-state index contributed by atoms with van der Waals surface area (Å²) in [5, 5.41) is 18.5. The Bertz CT molecular complexity index is 551. The molecule has 4 nitrogen and oxygen atoms in total. The maximum atomic E-state index is 13.3. The van der Waals surface area contributed by atoms with Crippen LogP contribution >= 0.6 is 0 Å². The molecular weight excluding hydrogens is 220 g/mol. The Kier molecular flexibility index (Phi) is 2.19. The minimum atomic E-state index is -0.801. The summed E-state index contributed by atoms with van der Waals surface area (Å²) < 4.78 is 30.9. The molecule has 0 unspecified atom stereocenters. The Morgan fingerprint density at radius 1 is 1.12 bits per heavy atom. The lowest BCUT2D eigenvalue weighted by molar-refractivity contribution is 0.410. The van der Waals surface area contributed by atoms with Crippen molar-refractivity contribution in [3.05, 3.63) is 29.8 Å². The summed E-state index contributed by atoms with van der Waals surface area (Å²) in [6.07, 6.45) is 0. The quantitative estimate of drug-likeness (QED) is 0.697. The van der Waals surface area contributed by atoms with Gasteiger partial charge in [0.2, 0.25) is 17.4 Å². The number of rotatable bonds is 1. The van der Waals surface area contributed by atoms with Crippen LogP contribution in [0.4, 0.5) is 14.7 Å². The molecule has 16 heavy (non-hydrogen) atoms. The molecule has 4 N–H and O–H groups in total. The third kappa shape index (κ3) is 1.44. The Labute approximate surface area is 88.5 Å². The molecule has 2 aromatic rings. The van der Waals surface area contributed by atoms with Gasteiger partial charge in [0.25, 0.3) is 0 Å². The van der Waals surface area contributed by atoms with Gasteiger partial charge in [0.15, 0.2) is 5.76 Å². The lowest BCUT2D eigenvalue weighted by Gasteiger charge is -1.99. The second kappa shape index (κ2) is 3.41. The van der Waals surface area contributed by atoms with Crippen molar-refractivity contribution in [2.24, 2.45) is 0 Å². The molecule has 1 aromatic heterocycles. The van der Waals surface area contributed by atoms with Crippen molar-refractivity contribution in [2.45, 2.75) is 0 Å².